The van der Waals surface area contributed by atoms with E-state index in [1.54, 1.807) is 37.1 Å². The first kappa shape index (κ1) is 13.9. The first-order chi connectivity index (χ1) is 10.8. The molecule has 0 unspecified atom stereocenters. The highest BCUT2D eigenvalue weighted by atomic mass is 16.5. The van der Waals surface area contributed by atoms with Crippen molar-refractivity contribution < 1.29 is 9.53 Å². The predicted octanol–water partition coefficient (Wildman–Crippen LogP) is 2.99. The highest BCUT2D eigenvalue weighted by molar-refractivity contribution is 5.98. The van der Waals surface area contributed by atoms with Gasteiger partial charge in [0.25, 0.3) is 0 Å². The van der Waals surface area contributed by atoms with Crippen LogP contribution in [0.2, 0.25) is 0 Å². The van der Waals surface area contributed by atoms with E-state index >= 15 is 0 Å². The van der Waals surface area contributed by atoms with Gasteiger partial charge in [-0.15, -0.1) is 0 Å². The summed E-state index contributed by atoms with van der Waals surface area (Å²) in [7, 11) is 1.36. The van der Waals surface area contributed by atoms with Crippen molar-refractivity contribution in [3.63, 3.8) is 0 Å². The summed E-state index contributed by atoms with van der Waals surface area (Å²) in [6.07, 6.45) is 8.42. The van der Waals surface area contributed by atoms with Crippen molar-refractivity contribution in [2.24, 2.45) is 0 Å². The van der Waals surface area contributed by atoms with Crippen molar-refractivity contribution >= 4 is 5.97 Å². The molecule has 0 spiro atoms. The first-order valence-corrected chi connectivity index (χ1v) is 6.69. The van der Waals surface area contributed by atoms with Gasteiger partial charge in [-0.3, -0.25) is 15.0 Å². The molecule has 0 saturated heterocycles. The van der Waals surface area contributed by atoms with E-state index < -0.39 is 5.97 Å². The van der Waals surface area contributed by atoms with Gasteiger partial charge < -0.3 is 4.74 Å². The molecule has 5 heteroatoms. The number of hydrogen-bond donors (Lipinski definition) is 0. The van der Waals surface area contributed by atoms with Gasteiger partial charge in [0.05, 0.1) is 18.4 Å². The van der Waals surface area contributed by atoms with E-state index in [1.165, 1.54) is 7.11 Å². The van der Waals surface area contributed by atoms with E-state index in [4.69, 9.17) is 4.74 Å². The molecule has 5 nitrogen and oxygen atoms in total. The van der Waals surface area contributed by atoms with Crippen LogP contribution in [0.1, 0.15) is 10.4 Å². The fraction of sp³-hybridized carbons (Fsp3) is 0.0588. The number of nitrogens with zero attached hydrogens (tertiary/aromatic N) is 3. The number of rotatable bonds is 3. The molecule has 3 aromatic rings. The summed E-state index contributed by atoms with van der Waals surface area (Å²) in [5.74, 6) is -0.411. The first-order valence-electron chi connectivity index (χ1n) is 6.69. The van der Waals surface area contributed by atoms with E-state index in [-0.39, 0.29) is 0 Å². The van der Waals surface area contributed by atoms with Crippen LogP contribution in [0.25, 0.3) is 22.4 Å². The van der Waals surface area contributed by atoms with Crippen LogP contribution in [0, 0.1) is 0 Å². The normalized spacial score (nSPS) is 10.2. The SMILES string of the molecule is COC(=O)c1cc(-c2cccnc2)ncc1-c1cccnc1. The Morgan fingerprint density at radius 2 is 1.68 bits per heavy atom. The minimum absolute atomic E-state index is 0.411. The van der Waals surface area contributed by atoms with E-state index in [2.05, 4.69) is 15.0 Å². The number of carbonyl (C=O) groups excluding carboxylic acids is 1. The number of hydrogen-bond acceptors (Lipinski definition) is 5. The Bertz CT molecular complexity index is 790. The molecular formula is C17H13N3O2. The molecule has 22 heavy (non-hydrogen) atoms. The number of ether oxygens (including phenoxy) is 1. The van der Waals surface area contributed by atoms with Crippen LogP contribution in [-0.4, -0.2) is 28.0 Å². The molecule has 108 valence electrons. The number of methoxy groups -OCH3 is 1. The summed E-state index contributed by atoms with van der Waals surface area (Å²) in [5.41, 5.74) is 3.46. The maximum absolute atomic E-state index is 12.1. The molecule has 0 saturated carbocycles. The smallest absolute Gasteiger partial charge is 0.338 e. The standard InChI is InChI=1S/C17H13N3O2/c1-22-17(21)14-8-16(13-5-3-7-19-10-13)20-11-15(14)12-4-2-6-18-9-12/h2-11H,1H3. The van der Waals surface area contributed by atoms with E-state index in [9.17, 15) is 4.79 Å². The molecule has 0 aliphatic rings. The van der Waals surface area contributed by atoms with Crippen molar-refractivity contribution in [3.05, 3.63) is 66.9 Å². The van der Waals surface area contributed by atoms with Crippen LogP contribution in [-0.2, 0) is 4.74 Å². The van der Waals surface area contributed by atoms with Gasteiger partial charge in [-0.1, -0.05) is 6.07 Å². The molecule has 3 heterocycles. The summed E-state index contributed by atoms with van der Waals surface area (Å²) in [4.78, 5) is 24.7. The second-order valence-electron chi connectivity index (χ2n) is 4.59. The third-order valence-electron chi connectivity index (χ3n) is 3.24. The molecule has 0 aromatic carbocycles. The third kappa shape index (κ3) is 2.69. The van der Waals surface area contributed by atoms with Crippen molar-refractivity contribution in [2.75, 3.05) is 7.11 Å². The molecule has 0 amide bonds. The van der Waals surface area contributed by atoms with Crippen LogP contribution in [0.4, 0.5) is 0 Å². The van der Waals surface area contributed by atoms with Crippen LogP contribution < -0.4 is 0 Å². The second kappa shape index (κ2) is 6.13. The van der Waals surface area contributed by atoms with Crippen molar-refractivity contribution in [3.8, 4) is 22.4 Å². The van der Waals surface area contributed by atoms with Gasteiger partial charge >= 0.3 is 5.97 Å². The number of carbonyl (C=O) groups is 1. The Labute approximate surface area is 127 Å². The van der Waals surface area contributed by atoms with Crippen LogP contribution in [0.5, 0.6) is 0 Å². The zero-order valence-electron chi connectivity index (χ0n) is 11.9. The fourth-order valence-corrected chi connectivity index (χ4v) is 2.16. The lowest BCUT2D eigenvalue weighted by Crippen LogP contribution is -2.05. The molecule has 0 N–H and O–H groups in total. The molecule has 3 aromatic heterocycles. The van der Waals surface area contributed by atoms with Gasteiger partial charge in [-0.2, -0.15) is 0 Å². The lowest BCUT2D eigenvalue weighted by atomic mass is 10.0. The number of esters is 1. The van der Waals surface area contributed by atoms with Crippen molar-refractivity contribution in [1.82, 2.24) is 15.0 Å². The highest BCUT2D eigenvalue weighted by Gasteiger charge is 2.16. The molecule has 0 bridgehead atoms. The molecule has 0 fully saturated rings. The lowest BCUT2D eigenvalue weighted by molar-refractivity contribution is 0.0601. The Balaban J connectivity index is 2.14. The predicted molar refractivity (Wildman–Crippen MR) is 82.0 cm³/mol. The molecule has 0 atom stereocenters. The summed E-state index contributed by atoms with van der Waals surface area (Å²) in [6, 6.07) is 9.11. The third-order valence-corrected chi connectivity index (χ3v) is 3.24. The quantitative estimate of drug-likeness (QED) is 0.694. The summed E-state index contributed by atoms with van der Waals surface area (Å²) in [6.45, 7) is 0. The van der Waals surface area contributed by atoms with Crippen LogP contribution in [0.3, 0.4) is 0 Å². The van der Waals surface area contributed by atoms with Gasteiger partial charge in [0, 0.05) is 47.7 Å². The van der Waals surface area contributed by atoms with Gasteiger partial charge in [0.15, 0.2) is 0 Å². The molecule has 0 radical (unpaired) electrons. The van der Waals surface area contributed by atoms with E-state index in [1.807, 2.05) is 24.3 Å². The monoisotopic (exact) mass is 291 g/mol. The number of pyridine rings is 3. The lowest BCUT2D eigenvalue weighted by Gasteiger charge is -2.09. The second-order valence-corrected chi connectivity index (χ2v) is 4.59. The van der Waals surface area contributed by atoms with Gasteiger partial charge in [-0.05, 0) is 24.3 Å². The highest BCUT2D eigenvalue weighted by Crippen LogP contribution is 2.26. The summed E-state index contributed by atoms with van der Waals surface area (Å²) < 4.78 is 4.89. The summed E-state index contributed by atoms with van der Waals surface area (Å²) >= 11 is 0. The zero-order valence-corrected chi connectivity index (χ0v) is 11.9. The van der Waals surface area contributed by atoms with E-state index in [0.717, 1.165) is 11.1 Å². The molecular weight excluding hydrogens is 278 g/mol. The average molecular weight is 291 g/mol. The Morgan fingerprint density at radius 1 is 1.00 bits per heavy atom. The topological polar surface area (TPSA) is 65.0 Å². The van der Waals surface area contributed by atoms with Gasteiger partial charge in [0.1, 0.15) is 0 Å². The van der Waals surface area contributed by atoms with Gasteiger partial charge in [-0.25, -0.2) is 4.79 Å². The molecule has 3 rings (SSSR count). The molecule has 0 aliphatic carbocycles. The van der Waals surface area contributed by atoms with Crippen LogP contribution >= 0.6 is 0 Å². The largest absolute Gasteiger partial charge is 0.465 e. The van der Waals surface area contributed by atoms with Crippen molar-refractivity contribution in [1.29, 1.82) is 0 Å². The fourth-order valence-electron chi connectivity index (χ4n) is 2.16. The minimum Gasteiger partial charge on any atom is -0.465 e. The zero-order chi connectivity index (χ0) is 15.4. The van der Waals surface area contributed by atoms with E-state index in [0.29, 0.717) is 16.8 Å². The van der Waals surface area contributed by atoms with Crippen LogP contribution in [0.15, 0.2) is 61.3 Å². The average Bonchev–Trinajstić information content (AvgIpc) is 2.62. The van der Waals surface area contributed by atoms with Gasteiger partial charge in [0.2, 0.25) is 0 Å². The Kier molecular flexibility index (Phi) is 3.87. The number of aromatic nitrogens is 3. The maximum atomic E-state index is 12.1. The summed E-state index contributed by atoms with van der Waals surface area (Å²) in [5, 5.41) is 0. The Morgan fingerprint density at radius 3 is 2.27 bits per heavy atom. The maximum Gasteiger partial charge on any atom is 0.338 e. The minimum atomic E-state index is -0.411. The Hall–Kier alpha value is -3.08. The van der Waals surface area contributed by atoms with Crippen molar-refractivity contribution in [2.45, 2.75) is 0 Å². The molecule has 0 aliphatic heterocycles.